The summed E-state index contributed by atoms with van der Waals surface area (Å²) >= 11 is 3.36. The molecule has 3 aromatic rings. The van der Waals surface area contributed by atoms with Gasteiger partial charge in [-0.3, -0.25) is 4.98 Å². The molecule has 23 heavy (non-hydrogen) atoms. The Kier molecular flexibility index (Phi) is 7.34. The number of ether oxygens (including phenoxy) is 1. The second-order valence-electron chi connectivity index (χ2n) is 5.03. The molecule has 1 aromatic heterocycles. The van der Waals surface area contributed by atoms with Gasteiger partial charge in [0.1, 0.15) is 12.4 Å². The lowest BCUT2D eigenvalue weighted by Crippen LogP contribution is -1.95. The van der Waals surface area contributed by atoms with Crippen molar-refractivity contribution in [1.82, 2.24) is 4.98 Å². The molecule has 0 unspecified atom stereocenters. The molecule has 2 aromatic carbocycles. The van der Waals surface area contributed by atoms with E-state index in [9.17, 15) is 0 Å². The summed E-state index contributed by atoms with van der Waals surface area (Å²) in [5.41, 5.74) is 3.49. The summed E-state index contributed by atoms with van der Waals surface area (Å²) in [7, 11) is 0. The zero-order chi connectivity index (χ0) is 16.3. The maximum Gasteiger partial charge on any atom is 0.138 e. The SMILES string of the molecule is BrCc1ccccc1.Cc1ccc(OCc2ccccc2)cn1. The molecule has 0 fully saturated rings. The molecule has 0 N–H and O–H groups in total. The summed E-state index contributed by atoms with van der Waals surface area (Å²) in [6.45, 7) is 2.55. The first-order chi connectivity index (χ1) is 11.3. The van der Waals surface area contributed by atoms with Gasteiger partial charge < -0.3 is 4.74 Å². The van der Waals surface area contributed by atoms with Crippen molar-refractivity contribution in [3.63, 3.8) is 0 Å². The summed E-state index contributed by atoms with van der Waals surface area (Å²) in [5.74, 6) is 0.810. The second-order valence-corrected chi connectivity index (χ2v) is 5.59. The van der Waals surface area contributed by atoms with Crippen LogP contribution in [0.1, 0.15) is 16.8 Å². The molecule has 0 aliphatic rings. The van der Waals surface area contributed by atoms with Gasteiger partial charge in [0.2, 0.25) is 0 Å². The fourth-order valence-electron chi connectivity index (χ4n) is 1.85. The molecule has 2 nitrogen and oxygen atoms in total. The average Bonchev–Trinajstić information content (AvgIpc) is 2.63. The zero-order valence-electron chi connectivity index (χ0n) is 13.2. The summed E-state index contributed by atoms with van der Waals surface area (Å²) in [4.78, 5) is 4.17. The Bertz CT molecular complexity index is 669. The van der Waals surface area contributed by atoms with Gasteiger partial charge in [0.15, 0.2) is 0 Å². The summed E-state index contributed by atoms with van der Waals surface area (Å²) < 4.78 is 5.58. The highest BCUT2D eigenvalue weighted by molar-refractivity contribution is 9.08. The third-order valence-electron chi connectivity index (χ3n) is 3.13. The third-order valence-corrected chi connectivity index (χ3v) is 3.78. The summed E-state index contributed by atoms with van der Waals surface area (Å²) in [5, 5.41) is 0.952. The minimum Gasteiger partial charge on any atom is -0.487 e. The van der Waals surface area contributed by atoms with Crippen LogP contribution in [0.3, 0.4) is 0 Å². The van der Waals surface area contributed by atoms with Crippen LogP contribution in [0.25, 0.3) is 0 Å². The van der Waals surface area contributed by atoms with E-state index in [1.54, 1.807) is 6.20 Å². The topological polar surface area (TPSA) is 22.1 Å². The predicted molar refractivity (Wildman–Crippen MR) is 98.8 cm³/mol. The minimum atomic E-state index is 0.589. The van der Waals surface area contributed by atoms with Crippen molar-refractivity contribution in [2.45, 2.75) is 18.9 Å². The van der Waals surface area contributed by atoms with Gasteiger partial charge in [-0.05, 0) is 30.2 Å². The molecule has 0 aliphatic carbocycles. The number of rotatable bonds is 4. The highest BCUT2D eigenvalue weighted by atomic mass is 79.9. The number of halogens is 1. The molecular weight excluding hydrogens is 350 g/mol. The molecule has 0 radical (unpaired) electrons. The van der Waals surface area contributed by atoms with E-state index in [1.165, 1.54) is 5.56 Å². The highest BCUT2D eigenvalue weighted by Gasteiger charge is 1.95. The summed E-state index contributed by atoms with van der Waals surface area (Å²) in [6, 6.07) is 24.3. The Hall–Kier alpha value is -2.13. The fraction of sp³-hybridized carbons (Fsp3) is 0.150. The van der Waals surface area contributed by atoms with Crippen molar-refractivity contribution in [3.05, 3.63) is 95.8 Å². The largest absolute Gasteiger partial charge is 0.487 e. The maximum absolute atomic E-state index is 5.58. The van der Waals surface area contributed by atoms with Gasteiger partial charge in [-0.15, -0.1) is 0 Å². The van der Waals surface area contributed by atoms with Crippen LogP contribution in [-0.4, -0.2) is 4.98 Å². The van der Waals surface area contributed by atoms with Crippen LogP contribution < -0.4 is 4.74 Å². The van der Waals surface area contributed by atoms with Crippen molar-refractivity contribution >= 4 is 15.9 Å². The number of pyridine rings is 1. The van der Waals surface area contributed by atoms with Gasteiger partial charge >= 0.3 is 0 Å². The quantitative estimate of drug-likeness (QED) is 0.562. The number of aromatic nitrogens is 1. The second kappa shape index (κ2) is 9.80. The molecular formula is C20H20BrNO. The lowest BCUT2D eigenvalue weighted by molar-refractivity contribution is 0.305. The number of nitrogens with zero attached hydrogens (tertiary/aromatic N) is 1. The number of hydrogen-bond donors (Lipinski definition) is 0. The molecule has 1 heterocycles. The number of hydrogen-bond acceptors (Lipinski definition) is 2. The Labute approximate surface area is 146 Å². The van der Waals surface area contributed by atoms with Crippen LogP contribution in [0.5, 0.6) is 5.75 Å². The third kappa shape index (κ3) is 6.66. The lowest BCUT2D eigenvalue weighted by Gasteiger charge is -2.05. The van der Waals surface area contributed by atoms with Crippen LogP contribution in [0.4, 0.5) is 0 Å². The van der Waals surface area contributed by atoms with Crippen LogP contribution in [0.2, 0.25) is 0 Å². The van der Waals surface area contributed by atoms with E-state index in [0.29, 0.717) is 6.61 Å². The molecule has 0 spiro atoms. The van der Waals surface area contributed by atoms with Gasteiger partial charge in [-0.2, -0.15) is 0 Å². The summed E-state index contributed by atoms with van der Waals surface area (Å²) in [6.07, 6.45) is 1.75. The molecule has 0 saturated carbocycles. The molecule has 0 amide bonds. The van der Waals surface area contributed by atoms with E-state index in [-0.39, 0.29) is 0 Å². The normalized spacial score (nSPS) is 9.65. The van der Waals surface area contributed by atoms with Crippen molar-refractivity contribution in [2.24, 2.45) is 0 Å². The van der Waals surface area contributed by atoms with Crippen molar-refractivity contribution < 1.29 is 4.74 Å². The Morgan fingerprint density at radius 2 is 1.43 bits per heavy atom. The van der Waals surface area contributed by atoms with Gasteiger partial charge in [0, 0.05) is 11.0 Å². The Balaban J connectivity index is 0.000000203. The van der Waals surface area contributed by atoms with Gasteiger partial charge in [-0.25, -0.2) is 0 Å². The number of alkyl halides is 1. The smallest absolute Gasteiger partial charge is 0.138 e. The highest BCUT2D eigenvalue weighted by Crippen LogP contribution is 2.11. The number of aryl methyl sites for hydroxylation is 1. The van der Waals surface area contributed by atoms with E-state index in [0.717, 1.165) is 22.3 Å². The first-order valence-electron chi connectivity index (χ1n) is 7.47. The molecule has 3 heteroatoms. The molecule has 3 rings (SSSR count). The molecule has 0 atom stereocenters. The molecule has 118 valence electrons. The van der Waals surface area contributed by atoms with Crippen molar-refractivity contribution in [3.8, 4) is 5.75 Å². The van der Waals surface area contributed by atoms with Gasteiger partial charge in [0.25, 0.3) is 0 Å². The van der Waals surface area contributed by atoms with E-state index >= 15 is 0 Å². The van der Waals surface area contributed by atoms with Gasteiger partial charge in [0.05, 0.1) is 6.20 Å². The van der Waals surface area contributed by atoms with Crippen molar-refractivity contribution in [2.75, 3.05) is 0 Å². The average molecular weight is 370 g/mol. The van der Waals surface area contributed by atoms with E-state index < -0.39 is 0 Å². The minimum absolute atomic E-state index is 0.589. The van der Waals surface area contributed by atoms with E-state index in [4.69, 9.17) is 4.74 Å². The number of benzene rings is 2. The molecule has 0 aliphatic heterocycles. The zero-order valence-corrected chi connectivity index (χ0v) is 14.7. The molecule has 0 bridgehead atoms. The first-order valence-corrected chi connectivity index (χ1v) is 8.59. The Morgan fingerprint density at radius 3 is 1.91 bits per heavy atom. The van der Waals surface area contributed by atoms with Gasteiger partial charge in [-0.1, -0.05) is 76.6 Å². The van der Waals surface area contributed by atoms with Crippen LogP contribution >= 0.6 is 15.9 Å². The molecule has 0 saturated heterocycles. The van der Waals surface area contributed by atoms with Crippen LogP contribution in [-0.2, 0) is 11.9 Å². The standard InChI is InChI=1S/C13H13NO.C7H7Br/c1-11-7-8-13(9-14-11)15-10-12-5-3-2-4-6-12;8-6-7-4-2-1-3-5-7/h2-9H,10H2,1H3;1-5H,6H2. The Morgan fingerprint density at radius 1 is 0.826 bits per heavy atom. The maximum atomic E-state index is 5.58. The lowest BCUT2D eigenvalue weighted by atomic mass is 10.2. The van der Waals surface area contributed by atoms with Crippen LogP contribution in [0, 0.1) is 6.92 Å². The van der Waals surface area contributed by atoms with Crippen LogP contribution in [0.15, 0.2) is 79.0 Å². The van der Waals surface area contributed by atoms with E-state index in [2.05, 4.69) is 33.0 Å². The first kappa shape index (κ1) is 17.2. The van der Waals surface area contributed by atoms with Crippen molar-refractivity contribution in [1.29, 1.82) is 0 Å². The predicted octanol–water partition coefficient (Wildman–Crippen LogP) is 5.55. The fourth-order valence-corrected chi connectivity index (χ4v) is 2.22. The monoisotopic (exact) mass is 369 g/mol. The van der Waals surface area contributed by atoms with E-state index in [1.807, 2.05) is 67.6 Å².